The van der Waals surface area contributed by atoms with Gasteiger partial charge in [0.25, 0.3) is 0 Å². The number of hydrogen-bond acceptors (Lipinski definition) is 5. The fourth-order valence-corrected chi connectivity index (χ4v) is 3.06. The third-order valence-electron chi connectivity index (χ3n) is 3.62. The molecule has 0 amide bonds. The molecule has 24 heavy (non-hydrogen) atoms. The first-order chi connectivity index (χ1) is 10.7. The van der Waals surface area contributed by atoms with Gasteiger partial charge in [0, 0.05) is 32.7 Å². The van der Waals surface area contributed by atoms with E-state index in [1.165, 1.54) is 5.56 Å². The van der Waals surface area contributed by atoms with Crippen LogP contribution < -0.4 is 14.8 Å². The van der Waals surface area contributed by atoms with Crippen molar-refractivity contribution in [1.82, 2.24) is 10.2 Å². The Hall–Kier alpha value is -0.240. The fraction of sp³-hybridized carbons (Fsp3) is 0.625. The molecule has 8 heteroatoms. The van der Waals surface area contributed by atoms with E-state index in [0.717, 1.165) is 61.9 Å². The summed E-state index contributed by atoms with van der Waals surface area (Å²) in [6.07, 6.45) is 0. The number of halogens is 3. The molecule has 0 aliphatic carbocycles. The van der Waals surface area contributed by atoms with Crippen molar-refractivity contribution in [2.45, 2.75) is 13.5 Å². The topological polar surface area (TPSA) is 43.0 Å². The molecule has 0 saturated carbocycles. The van der Waals surface area contributed by atoms with Crippen LogP contribution in [0.1, 0.15) is 12.5 Å². The summed E-state index contributed by atoms with van der Waals surface area (Å²) >= 11 is 3.56. The molecule has 0 spiro atoms. The SMILES string of the molecule is CCOc1c(Br)cc(CNCCN2CCOCC2)cc1OC.Cl.Cl. The van der Waals surface area contributed by atoms with E-state index in [2.05, 4.69) is 32.2 Å². The number of rotatable bonds is 8. The molecule has 0 radical (unpaired) electrons. The summed E-state index contributed by atoms with van der Waals surface area (Å²) in [7, 11) is 1.67. The minimum Gasteiger partial charge on any atom is -0.493 e. The lowest BCUT2D eigenvalue weighted by Crippen LogP contribution is -2.40. The average Bonchev–Trinajstić information content (AvgIpc) is 2.55. The van der Waals surface area contributed by atoms with E-state index in [4.69, 9.17) is 14.2 Å². The van der Waals surface area contributed by atoms with Crippen LogP contribution >= 0.6 is 40.7 Å². The van der Waals surface area contributed by atoms with Gasteiger partial charge in [0.2, 0.25) is 0 Å². The van der Waals surface area contributed by atoms with Crippen molar-refractivity contribution in [3.8, 4) is 11.5 Å². The van der Waals surface area contributed by atoms with Crippen LogP contribution in [0.5, 0.6) is 11.5 Å². The first-order valence-electron chi connectivity index (χ1n) is 7.74. The van der Waals surface area contributed by atoms with E-state index < -0.39 is 0 Å². The summed E-state index contributed by atoms with van der Waals surface area (Å²) < 4.78 is 17.3. The van der Waals surface area contributed by atoms with Crippen molar-refractivity contribution in [3.05, 3.63) is 22.2 Å². The zero-order valence-corrected chi connectivity index (χ0v) is 17.4. The molecular weight excluding hydrogens is 419 g/mol. The second kappa shape index (κ2) is 13.0. The minimum atomic E-state index is 0. The Morgan fingerprint density at radius 3 is 2.58 bits per heavy atom. The van der Waals surface area contributed by atoms with E-state index in [-0.39, 0.29) is 24.8 Å². The second-order valence-electron chi connectivity index (χ2n) is 5.17. The highest BCUT2D eigenvalue weighted by Crippen LogP contribution is 2.36. The Morgan fingerprint density at radius 2 is 1.96 bits per heavy atom. The van der Waals surface area contributed by atoms with Crippen LogP contribution in [-0.2, 0) is 11.3 Å². The quantitative estimate of drug-likeness (QED) is 0.622. The van der Waals surface area contributed by atoms with Crippen LogP contribution in [-0.4, -0.2) is 58.0 Å². The Kier molecular flexibility index (Phi) is 12.9. The Balaban J connectivity index is 0.00000264. The molecule has 1 aromatic carbocycles. The Bertz CT molecular complexity index is 475. The van der Waals surface area contributed by atoms with Gasteiger partial charge in [0.05, 0.1) is 31.4 Å². The number of hydrogen-bond donors (Lipinski definition) is 1. The summed E-state index contributed by atoms with van der Waals surface area (Å²) in [5, 5.41) is 3.48. The van der Waals surface area contributed by atoms with Gasteiger partial charge in [-0.3, -0.25) is 4.90 Å². The maximum Gasteiger partial charge on any atom is 0.175 e. The highest BCUT2D eigenvalue weighted by atomic mass is 79.9. The van der Waals surface area contributed by atoms with Crippen LogP contribution in [0.4, 0.5) is 0 Å². The van der Waals surface area contributed by atoms with E-state index in [9.17, 15) is 0 Å². The third kappa shape index (κ3) is 7.33. The molecule has 1 fully saturated rings. The predicted octanol–water partition coefficient (Wildman–Crippen LogP) is 3.12. The highest BCUT2D eigenvalue weighted by molar-refractivity contribution is 9.10. The standard InChI is InChI=1S/C16H25BrN2O3.2ClH/c1-3-22-16-14(17)10-13(11-15(16)20-2)12-18-4-5-19-6-8-21-9-7-19;;/h10-11,18H,3-9,12H2,1-2H3;2*1H. The first kappa shape index (κ1) is 23.8. The third-order valence-corrected chi connectivity index (χ3v) is 4.20. The van der Waals surface area contributed by atoms with Crippen molar-refractivity contribution in [3.63, 3.8) is 0 Å². The molecule has 1 saturated heterocycles. The van der Waals surface area contributed by atoms with E-state index >= 15 is 0 Å². The molecule has 0 atom stereocenters. The molecule has 1 aliphatic heterocycles. The number of nitrogens with one attached hydrogen (secondary N) is 1. The molecule has 2 rings (SSSR count). The van der Waals surface area contributed by atoms with Crippen LogP contribution in [0.25, 0.3) is 0 Å². The normalized spacial score (nSPS) is 14.5. The van der Waals surface area contributed by atoms with Gasteiger partial charge in [-0.05, 0) is 40.5 Å². The van der Waals surface area contributed by atoms with Crippen molar-refractivity contribution in [1.29, 1.82) is 0 Å². The van der Waals surface area contributed by atoms with Crippen LogP contribution in [0, 0.1) is 0 Å². The lowest BCUT2D eigenvalue weighted by molar-refractivity contribution is 0.0384. The molecule has 0 aromatic heterocycles. The van der Waals surface area contributed by atoms with Crippen molar-refractivity contribution < 1.29 is 14.2 Å². The molecule has 1 aliphatic rings. The molecule has 1 heterocycles. The predicted molar refractivity (Wildman–Crippen MR) is 105 cm³/mol. The highest BCUT2D eigenvalue weighted by Gasteiger charge is 2.12. The molecule has 5 nitrogen and oxygen atoms in total. The van der Waals surface area contributed by atoms with Gasteiger partial charge in [0.15, 0.2) is 11.5 Å². The van der Waals surface area contributed by atoms with Gasteiger partial charge >= 0.3 is 0 Å². The second-order valence-corrected chi connectivity index (χ2v) is 6.03. The van der Waals surface area contributed by atoms with Gasteiger partial charge in [-0.15, -0.1) is 24.8 Å². The van der Waals surface area contributed by atoms with E-state index in [1.807, 2.05) is 13.0 Å². The number of nitrogens with zero attached hydrogens (tertiary/aromatic N) is 1. The van der Waals surface area contributed by atoms with Gasteiger partial charge in [0.1, 0.15) is 0 Å². The molecule has 0 bridgehead atoms. The van der Waals surface area contributed by atoms with Gasteiger partial charge in [-0.25, -0.2) is 0 Å². The summed E-state index contributed by atoms with van der Waals surface area (Å²) in [6, 6.07) is 4.10. The monoisotopic (exact) mass is 444 g/mol. The first-order valence-corrected chi connectivity index (χ1v) is 8.54. The Morgan fingerprint density at radius 1 is 1.25 bits per heavy atom. The number of benzene rings is 1. The van der Waals surface area contributed by atoms with Crippen LogP contribution in [0.2, 0.25) is 0 Å². The summed E-state index contributed by atoms with van der Waals surface area (Å²) in [5.41, 5.74) is 1.18. The maximum atomic E-state index is 5.61. The number of ether oxygens (including phenoxy) is 3. The molecule has 1 aromatic rings. The van der Waals surface area contributed by atoms with Crippen LogP contribution in [0.15, 0.2) is 16.6 Å². The van der Waals surface area contributed by atoms with Crippen molar-refractivity contribution in [2.24, 2.45) is 0 Å². The Labute approximate surface area is 165 Å². The lowest BCUT2D eigenvalue weighted by atomic mass is 10.2. The van der Waals surface area contributed by atoms with Crippen LogP contribution in [0.3, 0.4) is 0 Å². The molecule has 0 unspecified atom stereocenters. The van der Waals surface area contributed by atoms with Gasteiger partial charge in [-0.2, -0.15) is 0 Å². The fourth-order valence-electron chi connectivity index (χ4n) is 2.45. The van der Waals surface area contributed by atoms with E-state index in [0.29, 0.717) is 6.61 Å². The number of morpholine rings is 1. The van der Waals surface area contributed by atoms with E-state index in [1.54, 1.807) is 7.11 Å². The molecule has 1 N–H and O–H groups in total. The smallest absolute Gasteiger partial charge is 0.175 e. The van der Waals surface area contributed by atoms with Gasteiger partial charge < -0.3 is 19.5 Å². The minimum absolute atomic E-state index is 0. The lowest BCUT2D eigenvalue weighted by Gasteiger charge is -2.26. The average molecular weight is 446 g/mol. The van der Waals surface area contributed by atoms with Crippen molar-refractivity contribution >= 4 is 40.7 Å². The van der Waals surface area contributed by atoms with Crippen molar-refractivity contribution in [2.75, 3.05) is 53.1 Å². The summed E-state index contributed by atoms with van der Waals surface area (Å²) in [6.45, 7) is 9.18. The number of methoxy groups -OCH3 is 1. The maximum absolute atomic E-state index is 5.61. The van der Waals surface area contributed by atoms with Gasteiger partial charge in [-0.1, -0.05) is 0 Å². The zero-order valence-electron chi connectivity index (χ0n) is 14.2. The molecular formula is C16H27BrCl2N2O3. The molecule has 140 valence electrons. The summed E-state index contributed by atoms with van der Waals surface area (Å²) in [4.78, 5) is 2.42. The summed E-state index contributed by atoms with van der Waals surface area (Å²) in [5.74, 6) is 1.53. The largest absolute Gasteiger partial charge is 0.493 e. The zero-order chi connectivity index (χ0) is 15.8.